The first kappa shape index (κ1) is 27.5. The Morgan fingerprint density at radius 1 is 0.789 bits per heavy atom. The molecular weight excluding hydrogens is 498 g/mol. The molecule has 0 atom stereocenters. The Bertz CT molecular complexity index is 1440. The predicted molar refractivity (Wildman–Crippen MR) is 151 cm³/mol. The maximum Gasteiger partial charge on any atom is 0.255 e. The van der Waals surface area contributed by atoms with Gasteiger partial charge in [-0.3, -0.25) is 9.59 Å². The third kappa shape index (κ3) is 6.31. The minimum Gasteiger partial charge on any atom is -0.322 e. The molecule has 0 saturated carbocycles. The molecule has 0 aliphatic carbocycles. The summed E-state index contributed by atoms with van der Waals surface area (Å²) in [5.41, 5.74) is 3.65. The van der Waals surface area contributed by atoms with Crippen molar-refractivity contribution in [1.82, 2.24) is 4.31 Å². The normalized spacial score (nSPS) is 14.6. The van der Waals surface area contributed by atoms with E-state index < -0.39 is 15.9 Å². The largest absolute Gasteiger partial charge is 0.322 e. The minimum absolute atomic E-state index is 0.00283. The molecule has 0 spiro atoms. The molecule has 1 heterocycles. The molecule has 2 N–H and O–H groups in total. The number of aryl methyl sites for hydroxylation is 1. The SMILES string of the molecule is Cc1ccc(S(=O)(=O)N2CCCCC2)cc1C(=O)Nc1cccc(NC(=O)c2ccc(C(C)(C)C)cc2)c1. The van der Waals surface area contributed by atoms with Gasteiger partial charge in [0.15, 0.2) is 0 Å². The van der Waals surface area contributed by atoms with Gasteiger partial charge in [0.25, 0.3) is 11.8 Å². The Kier molecular flexibility index (Phi) is 8.04. The van der Waals surface area contributed by atoms with Crippen molar-refractivity contribution in [2.45, 2.75) is 57.3 Å². The zero-order chi connectivity index (χ0) is 27.5. The number of hydrogen-bond donors (Lipinski definition) is 2. The third-order valence-corrected chi connectivity index (χ3v) is 8.69. The number of nitrogens with one attached hydrogen (secondary N) is 2. The molecule has 1 aliphatic rings. The average molecular weight is 534 g/mol. The second kappa shape index (κ2) is 11.1. The number of sulfonamides is 1. The van der Waals surface area contributed by atoms with Crippen LogP contribution in [0, 0.1) is 6.92 Å². The first-order valence-electron chi connectivity index (χ1n) is 12.9. The molecule has 0 radical (unpaired) electrons. The summed E-state index contributed by atoms with van der Waals surface area (Å²) in [7, 11) is -3.66. The van der Waals surface area contributed by atoms with Gasteiger partial charge in [-0.2, -0.15) is 4.31 Å². The Morgan fingerprint density at radius 3 is 2.00 bits per heavy atom. The van der Waals surface area contributed by atoms with Crippen LogP contribution in [0.4, 0.5) is 11.4 Å². The van der Waals surface area contributed by atoms with Gasteiger partial charge in [0, 0.05) is 35.6 Å². The molecule has 0 aromatic heterocycles. The molecule has 3 aromatic carbocycles. The van der Waals surface area contributed by atoms with E-state index in [4.69, 9.17) is 0 Å². The van der Waals surface area contributed by atoms with E-state index in [0.29, 0.717) is 35.6 Å². The lowest BCUT2D eigenvalue weighted by atomic mass is 9.87. The highest BCUT2D eigenvalue weighted by atomic mass is 32.2. The molecule has 1 saturated heterocycles. The van der Waals surface area contributed by atoms with Crippen LogP contribution < -0.4 is 10.6 Å². The van der Waals surface area contributed by atoms with Gasteiger partial charge >= 0.3 is 0 Å². The summed E-state index contributed by atoms with van der Waals surface area (Å²) in [6.45, 7) is 9.12. The molecule has 4 rings (SSSR count). The predicted octanol–water partition coefficient (Wildman–Crippen LogP) is 5.97. The van der Waals surface area contributed by atoms with Crippen LogP contribution in [0.15, 0.2) is 71.6 Å². The summed E-state index contributed by atoms with van der Waals surface area (Å²) < 4.78 is 27.7. The lowest BCUT2D eigenvalue weighted by molar-refractivity contribution is 0.101. The fourth-order valence-electron chi connectivity index (χ4n) is 4.46. The summed E-state index contributed by atoms with van der Waals surface area (Å²) in [6.07, 6.45) is 2.71. The van der Waals surface area contributed by atoms with Crippen molar-refractivity contribution in [1.29, 1.82) is 0 Å². The van der Waals surface area contributed by atoms with E-state index in [0.717, 1.165) is 24.8 Å². The zero-order valence-electron chi connectivity index (χ0n) is 22.4. The number of rotatable bonds is 6. The molecule has 1 aliphatic heterocycles. The van der Waals surface area contributed by atoms with Crippen LogP contribution in [0.3, 0.4) is 0 Å². The molecular formula is C30H35N3O4S. The van der Waals surface area contributed by atoms with E-state index >= 15 is 0 Å². The number of amides is 2. The quantitative estimate of drug-likeness (QED) is 0.408. The van der Waals surface area contributed by atoms with Crippen molar-refractivity contribution < 1.29 is 18.0 Å². The monoisotopic (exact) mass is 533 g/mol. The molecule has 3 aromatic rings. The lowest BCUT2D eigenvalue weighted by Gasteiger charge is -2.26. The summed E-state index contributed by atoms with van der Waals surface area (Å²) in [5.74, 6) is -0.667. The van der Waals surface area contributed by atoms with E-state index in [1.54, 1.807) is 55.5 Å². The molecule has 0 bridgehead atoms. The topological polar surface area (TPSA) is 95.6 Å². The van der Waals surface area contributed by atoms with Gasteiger partial charge in [0.05, 0.1) is 4.90 Å². The van der Waals surface area contributed by atoms with E-state index in [9.17, 15) is 18.0 Å². The van der Waals surface area contributed by atoms with Crippen molar-refractivity contribution in [3.8, 4) is 0 Å². The molecule has 1 fully saturated rings. The average Bonchev–Trinajstić information content (AvgIpc) is 2.89. The maximum absolute atomic E-state index is 13.2. The van der Waals surface area contributed by atoms with Gasteiger partial charge in [-0.05, 0) is 78.8 Å². The summed E-state index contributed by atoms with van der Waals surface area (Å²) in [5, 5.41) is 5.71. The molecule has 200 valence electrons. The van der Waals surface area contributed by atoms with Crippen LogP contribution in [0.5, 0.6) is 0 Å². The standard InChI is InChI=1S/C30H35N3O4S/c1-21-11-16-26(38(36,37)33-17-6-5-7-18-33)20-27(21)29(35)32-25-10-8-9-24(19-25)31-28(34)22-12-14-23(15-13-22)30(2,3)4/h8-16,19-20H,5-7,17-18H2,1-4H3,(H,31,34)(H,32,35). The van der Waals surface area contributed by atoms with Gasteiger partial charge in [-0.1, -0.05) is 51.5 Å². The van der Waals surface area contributed by atoms with Crippen molar-refractivity contribution in [2.75, 3.05) is 23.7 Å². The highest BCUT2D eigenvalue weighted by Gasteiger charge is 2.27. The number of benzene rings is 3. The van der Waals surface area contributed by atoms with Gasteiger partial charge < -0.3 is 10.6 Å². The summed E-state index contributed by atoms with van der Waals surface area (Å²) in [4.78, 5) is 26.0. The lowest BCUT2D eigenvalue weighted by Crippen LogP contribution is -2.35. The van der Waals surface area contributed by atoms with Gasteiger partial charge in [-0.25, -0.2) is 8.42 Å². The Balaban J connectivity index is 1.48. The molecule has 0 unspecified atom stereocenters. The first-order chi connectivity index (χ1) is 17.9. The number of piperidine rings is 1. The fraction of sp³-hybridized carbons (Fsp3) is 0.333. The zero-order valence-corrected chi connectivity index (χ0v) is 23.2. The second-order valence-corrected chi connectivity index (χ2v) is 12.7. The summed E-state index contributed by atoms with van der Waals surface area (Å²) >= 11 is 0. The van der Waals surface area contributed by atoms with E-state index in [1.807, 2.05) is 12.1 Å². The Hall–Kier alpha value is -3.49. The maximum atomic E-state index is 13.2. The van der Waals surface area contributed by atoms with Crippen molar-refractivity contribution in [2.24, 2.45) is 0 Å². The van der Waals surface area contributed by atoms with Gasteiger partial charge in [0.2, 0.25) is 10.0 Å². The highest BCUT2D eigenvalue weighted by Crippen LogP contribution is 2.25. The number of nitrogens with zero attached hydrogens (tertiary/aromatic N) is 1. The van der Waals surface area contributed by atoms with Crippen molar-refractivity contribution in [3.63, 3.8) is 0 Å². The van der Waals surface area contributed by atoms with Crippen molar-refractivity contribution >= 4 is 33.2 Å². The molecule has 8 heteroatoms. The molecule has 2 amide bonds. The fourth-order valence-corrected chi connectivity index (χ4v) is 6.00. The van der Waals surface area contributed by atoms with E-state index in [1.165, 1.54) is 10.4 Å². The first-order valence-corrected chi connectivity index (χ1v) is 14.3. The van der Waals surface area contributed by atoms with Crippen LogP contribution in [0.25, 0.3) is 0 Å². The number of hydrogen-bond acceptors (Lipinski definition) is 4. The van der Waals surface area contributed by atoms with Crippen LogP contribution in [-0.2, 0) is 15.4 Å². The van der Waals surface area contributed by atoms with Crippen molar-refractivity contribution in [3.05, 3.63) is 89.0 Å². The molecule has 7 nitrogen and oxygen atoms in total. The van der Waals surface area contributed by atoms with E-state index in [-0.39, 0.29) is 21.8 Å². The van der Waals surface area contributed by atoms with Crippen LogP contribution >= 0.6 is 0 Å². The third-order valence-electron chi connectivity index (χ3n) is 6.80. The summed E-state index contributed by atoms with van der Waals surface area (Å²) in [6, 6.07) is 19.0. The Morgan fingerprint density at radius 2 is 1.39 bits per heavy atom. The minimum atomic E-state index is -3.66. The Labute approximate surface area is 225 Å². The van der Waals surface area contributed by atoms with Crippen LogP contribution in [0.2, 0.25) is 0 Å². The highest BCUT2D eigenvalue weighted by molar-refractivity contribution is 7.89. The smallest absolute Gasteiger partial charge is 0.255 e. The number of anilines is 2. The second-order valence-electron chi connectivity index (χ2n) is 10.8. The van der Waals surface area contributed by atoms with Crippen LogP contribution in [0.1, 0.15) is 71.9 Å². The van der Waals surface area contributed by atoms with E-state index in [2.05, 4.69) is 31.4 Å². The van der Waals surface area contributed by atoms with Gasteiger partial charge in [0.1, 0.15) is 0 Å². The van der Waals surface area contributed by atoms with Crippen LogP contribution in [-0.4, -0.2) is 37.6 Å². The number of carbonyl (C=O) groups excluding carboxylic acids is 2. The number of carbonyl (C=O) groups is 2. The molecule has 38 heavy (non-hydrogen) atoms. The van der Waals surface area contributed by atoms with Gasteiger partial charge in [-0.15, -0.1) is 0 Å².